The fourth-order valence-electron chi connectivity index (χ4n) is 6.76. The summed E-state index contributed by atoms with van der Waals surface area (Å²) in [5.41, 5.74) is 6.24. The Labute approximate surface area is 202 Å². The lowest BCUT2D eigenvalue weighted by Gasteiger charge is -2.53. The summed E-state index contributed by atoms with van der Waals surface area (Å²) < 4.78 is 67.8. The quantitative estimate of drug-likeness (QED) is 0.391. The highest BCUT2D eigenvalue weighted by Crippen LogP contribution is 2.52. The summed E-state index contributed by atoms with van der Waals surface area (Å²) in [4.78, 5) is 12.7. The Morgan fingerprint density at radius 1 is 1.11 bits per heavy atom. The molecule has 5 rings (SSSR count). The normalized spacial score (nSPS) is 36.5. The number of alkyl halides is 5. The van der Waals surface area contributed by atoms with Crippen LogP contribution in [0.3, 0.4) is 0 Å². The van der Waals surface area contributed by atoms with Crippen molar-refractivity contribution in [1.29, 1.82) is 0 Å². The van der Waals surface area contributed by atoms with Crippen molar-refractivity contribution < 1.29 is 22.0 Å². The first kappa shape index (κ1) is 25.0. The van der Waals surface area contributed by atoms with Crippen LogP contribution in [0.1, 0.15) is 44.3 Å². The second-order valence-corrected chi connectivity index (χ2v) is 10.6. The zero-order valence-corrected chi connectivity index (χ0v) is 19.8. The molecule has 1 aromatic heterocycles. The van der Waals surface area contributed by atoms with Gasteiger partial charge in [-0.2, -0.15) is 13.2 Å². The number of hydrogen-bond donors (Lipinski definition) is 3. The predicted molar refractivity (Wildman–Crippen MR) is 121 cm³/mol. The van der Waals surface area contributed by atoms with Crippen molar-refractivity contribution in [3.8, 4) is 0 Å². The summed E-state index contributed by atoms with van der Waals surface area (Å²) in [6.45, 7) is 2.77. The number of nitrogens with zero attached hydrogens (tertiary/aromatic N) is 4. The molecule has 3 saturated heterocycles. The Kier molecular flexibility index (Phi) is 7.17. The minimum Gasteiger partial charge on any atom is -0.363 e. The fourth-order valence-corrected chi connectivity index (χ4v) is 6.76. The van der Waals surface area contributed by atoms with E-state index in [1.54, 1.807) is 19.3 Å². The Morgan fingerprint density at radius 3 is 2.60 bits per heavy atom. The molecular weight excluding hydrogens is 469 g/mol. The van der Waals surface area contributed by atoms with Crippen molar-refractivity contribution in [3.05, 3.63) is 18.1 Å². The summed E-state index contributed by atoms with van der Waals surface area (Å²) in [5, 5.41) is 3.30. The maximum Gasteiger partial charge on any atom is 0.401 e. The van der Waals surface area contributed by atoms with Crippen molar-refractivity contribution in [2.45, 2.75) is 69.2 Å². The molecule has 1 saturated carbocycles. The Balaban J connectivity index is 1.33. The SMILES string of the molecule is C[C@@H]1CC2C3C(F)NNC3CCC2[C@@H](c2cnc(NC3CN(CCCF)C3)cn2)N1CC(F)(F)F. The number of rotatable bonds is 7. The second-order valence-electron chi connectivity index (χ2n) is 10.6. The highest BCUT2D eigenvalue weighted by Gasteiger charge is 2.55. The summed E-state index contributed by atoms with van der Waals surface area (Å²) in [6.07, 6.45) is 0.0682. The van der Waals surface area contributed by atoms with Crippen molar-refractivity contribution >= 4 is 5.82 Å². The molecule has 0 amide bonds. The minimum absolute atomic E-state index is 0.00197. The molecule has 12 heteroatoms. The van der Waals surface area contributed by atoms with Crippen LogP contribution in [-0.4, -0.2) is 83.2 Å². The van der Waals surface area contributed by atoms with E-state index in [0.29, 0.717) is 37.2 Å². The number of hydrogen-bond acceptors (Lipinski definition) is 7. The average Bonchev–Trinajstić information content (AvgIpc) is 3.17. The van der Waals surface area contributed by atoms with Crippen LogP contribution in [0.4, 0.5) is 27.8 Å². The molecule has 3 aliphatic heterocycles. The number of anilines is 1. The molecule has 35 heavy (non-hydrogen) atoms. The lowest BCUT2D eigenvalue weighted by atomic mass is 9.62. The van der Waals surface area contributed by atoms with Crippen LogP contribution in [0, 0.1) is 17.8 Å². The number of halogens is 5. The van der Waals surface area contributed by atoms with E-state index >= 15 is 0 Å². The number of likely N-dealkylation sites (tertiary alicyclic amines) is 2. The van der Waals surface area contributed by atoms with Crippen LogP contribution in [0.2, 0.25) is 0 Å². The van der Waals surface area contributed by atoms with Gasteiger partial charge in [0, 0.05) is 37.6 Å². The van der Waals surface area contributed by atoms with Crippen molar-refractivity contribution in [1.82, 2.24) is 30.6 Å². The molecule has 4 aliphatic rings. The van der Waals surface area contributed by atoms with Gasteiger partial charge in [0.15, 0.2) is 6.30 Å². The summed E-state index contributed by atoms with van der Waals surface area (Å²) in [6, 6.07) is -0.743. The van der Waals surface area contributed by atoms with Crippen molar-refractivity contribution in [2.24, 2.45) is 17.8 Å². The van der Waals surface area contributed by atoms with Gasteiger partial charge >= 0.3 is 6.18 Å². The maximum absolute atomic E-state index is 14.7. The maximum atomic E-state index is 14.7. The third-order valence-corrected chi connectivity index (χ3v) is 8.26. The molecule has 5 unspecified atom stereocenters. The number of hydrazine groups is 1. The first-order chi connectivity index (χ1) is 16.7. The molecule has 7 atom stereocenters. The molecule has 0 spiro atoms. The largest absolute Gasteiger partial charge is 0.401 e. The molecule has 196 valence electrons. The van der Waals surface area contributed by atoms with Gasteiger partial charge in [-0.1, -0.05) is 0 Å². The lowest BCUT2D eigenvalue weighted by molar-refractivity contribution is -0.174. The molecule has 1 aliphatic carbocycles. The van der Waals surface area contributed by atoms with E-state index in [-0.39, 0.29) is 42.6 Å². The molecule has 0 aromatic carbocycles. The monoisotopic (exact) mass is 503 g/mol. The standard InChI is InChI=1S/C23H34F5N7/c1-13-7-16-15(3-4-17-20(16)22(25)33-32-17)21(35(13)12-23(26,27)28)18-8-30-19(9-29-18)31-14-10-34(11-14)6-2-5-24/h8-9,13-17,20-22,32-33H,2-7,10-12H2,1H3,(H,30,31)/t13-,15?,16?,17?,20?,21+,22?/m1/s1. The Bertz CT molecular complexity index is 850. The Hall–Kier alpha value is -1.63. The van der Waals surface area contributed by atoms with Crippen LogP contribution < -0.4 is 16.2 Å². The van der Waals surface area contributed by atoms with Gasteiger partial charge in [0.1, 0.15) is 5.82 Å². The molecule has 1 aromatic rings. The van der Waals surface area contributed by atoms with Crippen LogP contribution in [0.25, 0.3) is 0 Å². The predicted octanol–water partition coefficient (Wildman–Crippen LogP) is 3.04. The number of nitrogens with one attached hydrogen (secondary N) is 3. The number of aromatic nitrogens is 2. The van der Waals surface area contributed by atoms with E-state index in [4.69, 9.17) is 0 Å². The van der Waals surface area contributed by atoms with Gasteiger partial charge in [0.25, 0.3) is 0 Å². The smallest absolute Gasteiger partial charge is 0.363 e. The molecular formula is C23H34F5N7. The number of piperidine rings is 1. The highest BCUT2D eigenvalue weighted by molar-refractivity contribution is 5.34. The van der Waals surface area contributed by atoms with Gasteiger partial charge in [-0.3, -0.25) is 24.6 Å². The Morgan fingerprint density at radius 2 is 1.91 bits per heavy atom. The van der Waals surface area contributed by atoms with E-state index in [2.05, 4.69) is 31.0 Å². The van der Waals surface area contributed by atoms with Crippen LogP contribution >= 0.6 is 0 Å². The zero-order chi connectivity index (χ0) is 24.7. The average molecular weight is 504 g/mol. The fraction of sp³-hybridized carbons (Fsp3) is 0.826. The minimum atomic E-state index is -4.34. The topological polar surface area (TPSA) is 68.4 Å². The van der Waals surface area contributed by atoms with Crippen molar-refractivity contribution in [2.75, 3.05) is 38.2 Å². The third kappa shape index (κ3) is 5.26. The highest BCUT2D eigenvalue weighted by atomic mass is 19.4. The summed E-state index contributed by atoms with van der Waals surface area (Å²) in [5.74, 6) is 0.141. The van der Waals surface area contributed by atoms with Gasteiger partial charge < -0.3 is 5.32 Å². The molecule has 3 N–H and O–H groups in total. The van der Waals surface area contributed by atoms with Gasteiger partial charge in [-0.15, -0.1) is 0 Å². The van der Waals surface area contributed by atoms with Crippen molar-refractivity contribution in [3.63, 3.8) is 0 Å². The number of fused-ring (bicyclic) bond motifs is 3. The van der Waals surface area contributed by atoms with E-state index in [1.807, 2.05) is 0 Å². The summed E-state index contributed by atoms with van der Waals surface area (Å²) in [7, 11) is 0. The van der Waals surface area contributed by atoms with E-state index in [1.165, 1.54) is 4.90 Å². The molecule has 0 bridgehead atoms. The molecule has 4 heterocycles. The summed E-state index contributed by atoms with van der Waals surface area (Å²) >= 11 is 0. The zero-order valence-electron chi connectivity index (χ0n) is 19.8. The van der Waals surface area contributed by atoms with Crippen LogP contribution in [0.15, 0.2) is 12.4 Å². The van der Waals surface area contributed by atoms with Gasteiger partial charge in [-0.05, 0) is 44.4 Å². The molecule has 7 nitrogen and oxygen atoms in total. The molecule has 4 fully saturated rings. The van der Waals surface area contributed by atoms with Gasteiger partial charge in [0.05, 0.1) is 43.4 Å². The van der Waals surface area contributed by atoms with E-state index < -0.39 is 25.1 Å². The van der Waals surface area contributed by atoms with Crippen LogP contribution in [-0.2, 0) is 0 Å². The van der Waals surface area contributed by atoms with Gasteiger partial charge in [0.2, 0.25) is 0 Å². The van der Waals surface area contributed by atoms with Crippen LogP contribution in [0.5, 0.6) is 0 Å². The van der Waals surface area contributed by atoms with E-state index in [9.17, 15) is 22.0 Å². The lowest BCUT2D eigenvalue weighted by Crippen LogP contribution is -2.56. The first-order valence-corrected chi connectivity index (χ1v) is 12.6. The third-order valence-electron chi connectivity index (χ3n) is 8.26. The van der Waals surface area contributed by atoms with Gasteiger partial charge in [-0.25, -0.2) is 14.8 Å². The second kappa shape index (κ2) is 10.0. The first-order valence-electron chi connectivity index (χ1n) is 12.6. The van der Waals surface area contributed by atoms with E-state index in [0.717, 1.165) is 19.6 Å². The molecule has 0 radical (unpaired) electrons.